The van der Waals surface area contributed by atoms with E-state index in [1.165, 1.54) is 11.3 Å². The largest absolute Gasteiger partial charge is 0.461 e. The molecule has 2 aromatic heterocycles. The molecule has 0 aliphatic heterocycles. The van der Waals surface area contributed by atoms with E-state index >= 15 is 0 Å². The molecular formula is C18H20N4O3S. The number of nitrogens with zero attached hydrogens (tertiary/aromatic N) is 3. The van der Waals surface area contributed by atoms with Crippen LogP contribution in [-0.4, -0.2) is 38.6 Å². The Kier molecular flexibility index (Phi) is 5.32. The lowest BCUT2D eigenvalue weighted by atomic mass is 10.2. The minimum atomic E-state index is -0.826. The first kappa shape index (κ1) is 18.1. The van der Waals surface area contributed by atoms with Crippen LogP contribution in [0.3, 0.4) is 0 Å². The summed E-state index contributed by atoms with van der Waals surface area (Å²) >= 11 is 1.30. The van der Waals surface area contributed by atoms with Crippen LogP contribution in [-0.2, 0) is 16.1 Å². The van der Waals surface area contributed by atoms with Crippen molar-refractivity contribution in [1.82, 2.24) is 19.9 Å². The van der Waals surface area contributed by atoms with E-state index in [1.54, 1.807) is 37.1 Å². The van der Waals surface area contributed by atoms with E-state index in [0.717, 1.165) is 15.8 Å². The summed E-state index contributed by atoms with van der Waals surface area (Å²) in [7, 11) is 0. The second kappa shape index (κ2) is 7.65. The van der Waals surface area contributed by atoms with Gasteiger partial charge in [-0.2, -0.15) is 0 Å². The first-order chi connectivity index (χ1) is 12.4. The zero-order chi connectivity index (χ0) is 18.7. The molecule has 8 heteroatoms. The van der Waals surface area contributed by atoms with Crippen LogP contribution in [0, 0.1) is 6.92 Å². The Morgan fingerprint density at radius 1 is 1.35 bits per heavy atom. The molecule has 136 valence electrons. The predicted octanol–water partition coefficient (Wildman–Crippen LogP) is 2.55. The lowest BCUT2D eigenvalue weighted by Gasteiger charge is -2.19. The summed E-state index contributed by atoms with van der Waals surface area (Å²) in [5, 5.41) is 3.06. The Morgan fingerprint density at radius 2 is 2.15 bits per heavy atom. The summed E-state index contributed by atoms with van der Waals surface area (Å²) < 4.78 is 7.92. The van der Waals surface area contributed by atoms with E-state index in [9.17, 15) is 9.59 Å². The number of ether oxygens (including phenoxy) is 1. The van der Waals surface area contributed by atoms with Gasteiger partial charge in [0.2, 0.25) is 0 Å². The van der Waals surface area contributed by atoms with E-state index in [4.69, 9.17) is 4.74 Å². The highest BCUT2D eigenvalue weighted by Crippen LogP contribution is 2.23. The van der Waals surface area contributed by atoms with Crippen molar-refractivity contribution in [2.45, 2.75) is 39.5 Å². The fourth-order valence-electron chi connectivity index (χ4n) is 2.45. The summed E-state index contributed by atoms with van der Waals surface area (Å²) in [6.45, 7) is 5.76. The van der Waals surface area contributed by atoms with Crippen molar-refractivity contribution in [3.63, 3.8) is 0 Å². The molecule has 0 saturated heterocycles. The van der Waals surface area contributed by atoms with Crippen LogP contribution in [0.2, 0.25) is 0 Å². The first-order valence-corrected chi connectivity index (χ1v) is 9.08. The fraction of sp³-hybridized carbons (Fsp3) is 0.333. The van der Waals surface area contributed by atoms with Gasteiger partial charge in [-0.25, -0.2) is 14.8 Å². The van der Waals surface area contributed by atoms with Gasteiger partial charge in [0.25, 0.3) is 5.91 Å². The molecule has 1 N–H and O–H groups in total. The number of hydrogen-bond donors (Lipinski definition) is 1. The molecule has 0 radical (unpaired) electrons. The zero-order valence-corrected chi connectivity index (χ0v) is 15.6. The van der Waals surface area contributed by atoms with Crippen LogP contribution in [0.4, 0.5) is 0 Å². The number of rotatable bonds is 6. The van der Waals surface area contributed by atoms with E-state index in [2.05, 4.69) is 15.3 Å². The predicted molar refractivity (Wildman–Crippen MR) is 99.1 cm³/mol. The maximum Gasteiger partial charge on any atom is 0.330 e. The molecule has 1 amide bonds. The molecule has 7 nitrogen and oxygen atoms in total. The summed E-state index contributed by atoms with van der Waals surface area (Å²) in [6.07, 6.45) is 4.66. The number of hydrogen-bond acceptors (Lipinski definition) is 6. The average molecular weight is 372 g/mol. The molecule has 3 rings (SSSR count). The molecule has 0 aliphatic rings. The highest BCUT2D eigenvalue weighted by Gasteiger charge is 2.25. The molecular weight excluding hydrogens is 352 g/mol. The molecule has 0 unspecified atom stereocenters. The number of benzene rings is 1. The second-order valence-corrected chi connectivity index (χ2v) is 7.29. The third-order valence-electron chi connectivity index (χ3n) is 3.63. The van der Waals surface area contributed by atoms with Gasteiger partial charge in [0.15, 0.2) is 5.01 Å². The normalized spacial score (nSPS) is 12.3. The molecule has 26 heavy (non-hydrogen) atoms. The first-order valence-electron chi connectivity index (χ1n) is 8.26. The summed E-state index contributed by atoms with van der Waals surface area (Å²) in [4.78, 5) is 33.3. The van der Waals surface area contributed by atoms with Crippen molar-refractivity contribution in [3.8, 4) is 0 Å². The molecule has 0 spiro atoms. The van der Waals surface area contributed by atoms with Crippen molar-refractivity contribution in [2.75, 3.05) is 0 Å². The van der Waals surface area contributed by atoms with Crippen LogP contribution in [0.1, 0.15) is 29.2 Å². The lowest BCUT2D eigenvalue weighted by Crippen LogP contribution is -2.45. The standard InChI is InChI=1S/C18H20N4O3S/c1-11(2)25-18(24)14(9-22-7-6-19-10-22)20-16(23)17-21-13-5-4-12(3)8-15(13)26-17/h4-8,10-11,14H,9H2,1-3H3,(H,20,23)/t14-/m0/s1. The van der Waals surface area contributed by atoms with E-state index < -0.39 is 17.9 Å². The van der Waals surface area contributed by atoms with Crippen molar-refractivity contribution >= 4 is 33.4 Å². The van der Waals surface area contributed by atoms with Gasteiger partial charge >= 0.3 is 5.97 Å². The van der Waals surface area contributed by atoms with Gasteiger partial charge in [0.05, 0.1) is 29.2 Å². The van der Waals surface area contributed by atoms with Crippen molar-refractivity contribution in [3.05, 3.63) is 47.5 Å². The number of carbonyl (C=O) groups excluding carboxylic acids is 2. The van der Waals surface area contributed by atoms with Gasteiger partial charge in [-0.3, -0.25) is 4.79 Å². The molecule has 1 aromatic carbocycles. The minimum Gasteiger partial charge on any atom is -0.461 e. The Hall–Kier alpha value is -2.74. The van der Waals surface area contributed by atoms with Crippen LogP contribution in [0.5, 0.6) is 0 Å². The molecule has 0 fully saturated rings. The van der Waals surface area contributed by atoms with Gasteiger partial charge in [0, 0.05) is 12.4 Å². The zero-order valence-electron chi connectivity index (χ0n) is 14.8. The molecule has 3 aromatic rings. The van der Waals surface area contributed by atoms with Crippen molar-refractivity contribution in [1.29, 1.82) is 0 Å². The van der Waals surface area contributed by atoms with Gasteiger partial charge < -0.3 is 14.6 Å². The van der Waals surface area contributed by atoms with Gasteiger partial charge in [0.1, 0.15) is 6.04 Å². The van der Waals surface area contributed by atoms with E-state index in [0.29, 0.717) is 5.01 Å². The Bertz CT molecular complexity index is 918. The molecule has 0 bridgehead atoms. The molecule has 0 saturated carbocycles. The fourth-order valence-corrected chi connectivity index (χ4v) is 3.42. The van der Waals surface area contributed by atoms with Crippen LogP contribution >= 0.6 is 11.3 Å². The maximum atomic E-state index is 12.6. The number of carbonyl (C=O) groups is 2. The summed E-state index contributed by atoms with van der Waals surface area (Å²) in [5.41, 5.74) is 1.87. The van der Waals surface area contributed by atoms with Crippen LogP contribution in [0.25, 0.3) is 10.2 Å². The second-order valence-electron chi connectivity index (χ2n) is 6.26. The highest BCUT2D eigenvalue weighted by molar-refractivity contribution is 7.20. The molecule has 2 heterocycles. The van der Waals surface area contributed by atoms with Crippen molar-refractivity contribution in [2.24, 2.45) is 0 Å². The number of imidazole rings is 1. The van der Waals surface area contributed by atoms with Crippen molar-refractivity contribution < 1.29 is 14.3 Å². The highest BCUT2D eigenvalue weighted by atomic mass is 32.1. The topological polar surface area (TPSA) is 86.1 Å². The smallest absolute Gasteiger partial charge is 0.330 e. The number of aromatic nitrogens is 3. The SMILES string of the molecule is Cc1ccc2nc(C(=O)N[C@@H](Cn3ccnc3)C(=O)OC(C)C)sc2c1. The monoisotopic (exact) mass is 372 g/mol. The summed E-state index contributed by atoms with van der Waals surface area (Å²) in [5.74, 6) is -0.881. The Balaban J connectivity index is 1.79. The molecule has 1 atom stereocenters. The van der Waals surface area contributed by atoms with Crippen LogP contribution < -0.4 is 5.32 Å². The van der Waals surface area contributed by atoms with Gasteiger partial charge in [-0.1, -0.05) is 6.07 Å². The van der Waals surface area contributed by atoms with Crippen LogP contribution in [0.15, 0.2) is 36.9 Å². The minimum absolute atomic E-state index is 0.237. The quantitative estimate of drug-likeness (QED) is 0.672. The lowest BCUT2D eigenvalue weighted by molar-refractivity contribution is -0.150. The third kappa shape index (κ3) is 4.26. The van der Waals surface area contributed by atoms with E-state index in [1.807, 2.05) is 25.1 Å². The van der Waals surface area contributed by atoms with E-state index in [-0.39, 0.29) is 12.6 Å². The Morgan fingerprint density at radius 3 is 2.85 bits per heavy atom. The number of fused-ring (bicyclic) bond motifs is 1. The Labute approximate surface area is 155 Å². The number of amides is 1. The van der Waals surface area contributed by atoms with Gasteiger partial charge in [-0.15, -0.1) is 11.3 Å². The third-order valence-corrected chi connectivity index (χ3v) is 4.65. The average Bonchev–Trinajstić information content (AvgIpc) is 3.22. The summed E-state index contributed by atoms with van der Waals surface area (Å²) in [6, 6.07) is 4.99. The number of thiazole rings is 1. The number of esters is 1. The maximum absolute atomic E-state index is 12.6. The van der Waals surface area contributed by atoms with Gasteiger partial charge in [-0.05, 0) is 38.5 Å². The number of nitrogens with one attached hydrogen (secondary N) is 1. The number of aryl methyl sites for hydroxylation is 1. The molecule has 0 aliphatic carbocycles.